The van der Waals surface area contributed by atoms with E-state index in [1.807, 2.05) is 0 Å². The number of aliphatic carboxylic acids is 1. The van der Waals surface area contributed by atoms with Gasteiger partial charge in [-0.25, -0.2) is 0 Å². The Morgan fingerprint density at radius 2 is 1.07 bits per heavy atom. The maximum atomic E-state index is 13.9. The molecule has 0 bridgehead atoms. The van der Waals surface area contributed by atoms with Crippen molar-refractivity contribution in [1.29, 1.82) is 0 Å². The Kier molecular flexibility index (Phi) is 22.4. The van der Waals surface area contributed by atoms with Gasteiger partial charge in [0.25, 0.3) is 0 Å². The molecular weight excluding hydrogens is 740 g/mol. The number of nitrogens with zero attached hydrogens (tertiary/aromatic N) is 1. The quantitative estimate of drug-likeness (QED) is 0.0211. The molecule has 0 aliphatic carbocycles. The number of hydrogen-bond acceptors (Lipinski definition) is 11. The van der Waals surface area contributed by atoms with E-state index in [9.17, 15) is 53.1 Å². The lowest BCUT2D eigenvalue weighted by Crippen LogP contribution is -2.61. The first kappa shape index (κ1) is 50.0. The molecule has 0 aromatic rings. The highest BCUT2D eigenvalue weighted by Crippen LogP contribution is 2.12. The minimum absolute atomic E-state index is 0.0436. The number of carboxylic acid groups (broad SMARTS) is 1. The summed E-state index contributed by atoms with van der Waals surface area (Å²) in [7, 11) is 0. The average molecular weight is 799 g/mol. The molecule has 316 valence electrons. The predicted octanol–water partition coefficient (Wildman–Crippen LogP) is -4.84. The highest BCUT2D eigenvalue weighted by atomic mass is 16.4. The van der Waals surface area contributed by atoms with Crippen molar-refractivity contribution in [2.24, 2.45) is 45.5 Å². The van der Waals surface area contributed by atoms with Gasteiger partial charge in [0, 0.05) is 26.3 Å². The van der Waals surface area contributed by atoms with Crippen LogP contribution in [0.25, 0.3) is 0 Å². The molecule has 0 aromatic heterocycles. The van der Waals surface area contributed by atoms with Crippen LogP contribution in [0.2, 0.25) is 0 Å². The Morgan fingerprint density at radius 3 is 1.54 bits per heavy atom. The van der Waals surface area contributed by atoms with Gasteiger partial charge in [-0.15, -0.1) is 0 Å². The third-order valence-corrected chi connectivity index (χ3v) is 8.34. The minimum atomic E-state index is -1.57. The maximum Gasteiger partial charge on any atom is 0.303 e. The number of primary amides is 3. The third kappa shape index (κ3) is 19.9. The smallest absolute Gasteiger partial charge is 0.303 e. The van der Waals surface area contributed by atoms with Gasteiger partial charge in [0.2, 0.25) is 53.2 Å². The highest BCUT2D eigenvalue weighted by molar-refractivity contribution is 5.98. The van der Waals surface area contributed by atoms with Gasteiger partial charge in [-0.3, -0.25) is 52.9 Å². The molecule has 56 heavy (non-hydrogen) atoms. The second-order valence-electron chi connectivity index (χ2n) is 13.5. The first-order valence-electron chi connectivity index (χ1n) is 17.9. The van der Waals surface area contributed by atoms with Crippen molar-refractivity contribution in [3.05, 3.63) is 0 Å². The van der Waals surface area contributed by atoms with E-state index >= 15 is 0 Å². The summed E-state index contributed by atoms with van der Waals surface area (Å²) in [4.78, 5) is 129. The molecule has 0 saturated heterocycles. The van der Waals surface area contributed by atoms with Crippen LogP contribution >= 0.6 is 0 Å². The summed E-state index contributed by atoms with van der Waals surface area (Å²) < 4.78 is 0. The Bertz CT molecular complexity index is 1450. The summed E-state index contributed by atoms with van der Waals surface area (Å²) in [5, 5.41) is 23.9. The normalized spacial score (nSPS) is 14.5. The Morgan fingerprint density at radius 1 is 0.589 bits per heavy atom. The molecule has 0 saturated carbocycles. The van der Waals surface area contributed by atoms with Gasteiger partial charge in [0.05, 0.1) is 6.42 Å². The summed E-state index contributed by atoms with van der Waals surface area (Å²) in [5.41, 5.74) is 26.5. The first-order chi connectivity index (χ1) is 26.0. The molecule has 0 fully saturated rings. The topological polar surface area (TPSA) is 406 Å². The number of carbonyl (C=O) groups excluding carboxylic acids is 9. The summed E-state index contributed by atoms with van der Waals surface area (Å²) in [5.74, 6) is -10.6. The molecule has 0 unspecified atom stereocenters. The van der Waals surface area contributed by atoms with Crippen molar-refractivity contribution in [3.8, 4) is 0 Å². The fourth-order valence-corrected chi connectivity index (χ4v) is 5.08. The van der Waals surface area contributed by atoms with Crippen LogP contribution in [-0.4, -0.2) is 113 Å². The zero-order valence-electron chi connectivity index (χ0n) is 32.3. The lowest BCUT2D eigenvalue weighted by molar-refractivity contribution is -0.139. The minimum Gasteiger partial charge on any atom is -0.481 e. The SMILES string of the molecule is CC[C@H](C)[C@H](NC(=O)[C@H](CCC(=O)O)NC(=O)[C@H](CC(N)=O)NC(C)=O)C(=O)N[C@@H](CCCN=C(N)N)C(=O)N[C@H](C(=O)N[C@@H](CCC(N)=O)C(N)=O)C(C)C. The van der Waals surface area contributed by atoms with Gasteiger partial charge in [0.1, 0.15) is 36.3 Å². The Balaban J connectivity index is 6.49. The van der Waals surface area contributed by atoms with Crippen LogP contribution in [0.5, 0.6) is 0 Å². The molecule has 0 aliphatic heterocycles. The monoisotopic (exact) mass is 798 g/mol. The van der Waals surface area contributed by atoms with E-state index in [-0.39, 0.29) is 38.2 Å². The fraction of sp³-hybridized carbons (Fsp3) is 0.667. The number of amides is 9. The number of guanidine groups is 1. The van der Waals surface area contributed by atoms with Crippen molar-refractivity contribution in [3.63, 3.8) is 0 Å². The van der Waals surface area contributed by atoms with E-state index in [1.165, 1.54) is 0 Å². The largest absolute Gasteiger partial charge is 0.481 e. The van der Waals surface area contributed by atoms with Crippen LogP contribution in [0.15, 0.2) is 4.99 Å². The number of hydrogen-bond donors (Lipinski definition) is 12. The van der Waals surface area contributed by atoms with Gasteiger partial charge < -0.3 is 65.7 Å². The van der Waals surface area contributed by atoms with E-state index in [0.717, 1.165) is 6.92 Å². The van der Waals surface area contributed by atoms with Crippen LogP contribution in [0.3, 0.4) is 0 Å². The van der Waals surface area contributed by atoms with Crippen molar-refractivity contribution in [1.82, 2.24) is 31.9 Å². The van der Waals surface area contributed by atoms with Crippen LogP contribution in [0, 0.1) is 11.8 Å². The molecule has 0 rings (SSSR count). The summed E-state index contributed by atoms with van der Waals surface area (Å²) in [6.07, 6.45) is -1.77. The predicted molar refractivity (Wildman–Crippen MR) is 200 cm³/mol. The number of aliphatic imine (C=N–C) groups is 1. The van der Waals surface area contributed by atoms with E-state index in [0.29, 0.717) is 6.42 Å². The first-order valence-corrected chi connectivity index (χ1v) is 17.9. The number of nitrogens with one attached hydrogen (secondary N) is 6. The maximum absolute atomic E-state index is 13.9. The average Bonchev–Trinajstić information content (AvgIpc) is 3.08. The zero-order chi connectivity index (χ0) is 43.3. The van der Waals surface area contributed by atoms with Gasteiger partial charge in [-0.05, 0) is 37.5 Å². The van der Waals surface area contributed by atoms with Crippen molar-refractivity contribution >= 4 is 65.1 Å². The van der Waals surface area contributed by atoms with Crippen molar-refractivity contribution in [2.45, 2.75) is 122 Å². The van der Waals surface area contributed by atoms with Crippen LogP contribution < -0.4 is 60.6 Å². The van der Waals surface area contributed by atoms with Gasteiger partial charge in [-0.1, -0.05) is 34.1 Å². The van der Waals surface area contributed by atoms with Gasteiger partial charge >= 0.3 is 5.97 Å². The standard InChI is InChI=1S/C33H58N12O11/c1-6-16(4)26(45-29(53)20(10-12-24(49)50)42-30(54)21(14-23(35)48)40-17(5)46)32(56)43-19(8-7-13-39-33(37)38)28(52)44-25(15(2)3)31(55)41-18(27(36)51)9-11-22(34)47/h15-16,18-21,25-26H,6-14H2,1-5H3,(H2,34,47)(H2,35,48)(H2,36,51)(H,40,46)(H,41,55)(H,42,54)(H,43,56)(H,44,52)(H,45,53)(H,49,50)(H4,37,38,39)/t16-,18-,19-,20-,21-,25-,26-/m0/s1. The summed E-state index contributed by atoms with van der Waals surface area (Å²) >= 11 is 0. The van der Waals surface area contributed by atoms with Crippen molar-refractivity contribution in [2.75, 3.05) is 6.54 Å². The molecule has 0 aromatic carbocycles. The molecule has 17 N–H and O–H groups in total. The van der Waals surface area contributed by atoms with Gasteiger partial charge in [-0.2, -0.15) is 0 Å². The van der Waals surface area contributed by atoms with E-state index in [2.05, 4.69) is 36.9 Å². The Labute approximate surface area is 324 Å². The number of rotatable bonds is 27. The van der Waals surface area contributed by atoms with Crippen LogP contribution in [0.1, 0.15) is 86.0 Å². The van der Waals surface area contributed by atoms with E-state index in [4.69, 9.17) is 28.7 Å². The molecule has 7 atom stereocenters. The number of nitrogens with two attached hydrogens (primary N) is 5. The summed E-state index contributed by atoms with van der Waals surface area (Å²) in [6, 6.07) is -8.34. The van der Waals surface area contributed by atoms with Crippen LogP contribution in [0.4, 0.5) is 0 Å². The molecule has 9 amide bonds. The van der Waals surface area contributed by atoms with Crippen molar-refractivity contribution < 1.29 is 53.1 Å². The molecule has 0 heterocycles. The second kappa shape index (κ2) is 25.1. The fourth-order valence-electron chi connectivity index (χ4n) is 5.08. The molecule has 0 spiro atoms. The van der Waals surface area contributed by atoms with Gasteiger partial charge in [0.15, 0.2) is 5.96 Å². The zero-order valence-corrected chi connectivity index (χ0v) is 32.3. The lowest BCUT2D eigenvalue weighted by atomic mass is 9.96. The van der Waals surface area contributed by atoms with E-state index in [1.54, 1.807) is 27.7 Å². The molecule has 0 radical (unpaired) electrons. The van der Waals surface area contributed by atoms with Crippen LogP contribution in [-0.2, 0) is 47.9 Å². The molecule has 23 nitrogen and oxygen atoms in total. The Hall–Kier alpha value is -6.03. The molecular formula is C33H58N12O11. The second-order valence-corrected chi connectivity index (χ2v) is 13.5. The molecule has 0 aliphatic rings. The summed E-state index contributed by atoms with van der Waals surface area (Å²) in [6.45, 7) is 7.62. The lowest BCUT2D eigenvalue weighted by Gasteiger charge is -2.30. The third-order valence-electron chi connectivity index (χ3n) is 8.34. The number of carbonyl (C=O) groups is 10. The number of carboxylic acids is 1. The molecule has 23 heteroatoms. The highest BCUT2D eigenvalue weighted by Gasteiger charge is 2.35. The van der Waals surface area contributed by atoms with E-state index < -0.39 is 126 Å².